The van der Waals surface area contributed by atoms with Crippen molar-refractivity contribution in [3.05, 3.63) is 53.0 Å². The number of nitrogens with zero attached hydrogens (tertiary/aromatic N) is 3. The standard InChI is InChI=1S/C16H19N5O/c1-3-10(2)9-19-8-6-11-13(17)15(16(18)22)21-12-5-4-7-20-14(11)12/h3-9,13,15H,17H2,1-2H3,(H2,18,22)/b8-6+,10-3+,19-9+. The van der Waals surface area contributed by atoms with Gasteiger partial charge in [0.05, 0.1) is 16.7 Å². The number of carbonyl (C=O) groups excluding carboxylic acids is 1. The first kappa shape index (κ1) is 15.8. The Bertz CT molecular complexity index is 776. The van der Waals surface area contributed by atoms with E-state index in [0.717, 1.165) is 5.57 Å². The van der Waals surface area contributed by atoms with Gasteiger partial charge in [0.15, 0.2) is 0 Å². The van der Waals surface area contributed by atoms with Gasteiger partial charge in [-0.2, -0.15) is 0 Å². The van der Waals surface area contributed by atoms with Crippen LogP contribution in [0.15, 0.2) is 52.2 Å². The number of aliphatic imine (C=N–C) groups is 1. The van der Waals surface area contributed by atoms with Gasteiger partial charge >= 0.3 is 0 Å². The summed E-state index contributed by atoms with van der Waals surface area (Å²) in [4.78, 5) is 24.3. The van der Waals surface area contributed by atoms with Crippen LogP contribution in [-0.4, -0.2) is 29.2 Å². The van der Waals surface area contributed by atoms with Crippen molar-refractivity contribution in [2.45, 2.75) is 25.9 Å². The number of amides is 1. The van der Waals surface area contributed by atoms with Gasteiger partial charge in [0, 0.05) is 24.2 Å². The molecule has 6 nitrogen and oxygen atoms in total. The van der Waals surface area contributed by atoms with Crippen molar-refractivity contribution >= 4 is 17.7 Å². The van der Waals surface area contributed by atoms with Crippen LogP contribution in [0.3, 0.4) is 0 Å². The molecule has 1 aromatic heterocycles. The average molecular weight is 297 g/mol. The third-order valence-electron chi connectivity index (χ3n) is 3.40. The van der Waals surface area contributed by atoms with Crippen molar-refractivity contribution in [2.75, 3.05) is 0 Å². The molecule has 1 amide bonds. The summed E-state index contributed by atoms with van der Waals surface area (Å²) in [5, 5.41) is 1.27. The van der Waals surface area contributed by atoms with Crippen molar-refractivity contribution in [3.8, 4) is 0 Å². The molecular weight excluding hydrogens is 278 g/mol. The number of primary amides is 1. The van der Waals surface area contributed by atoms with Crippen LogP contribution in [0.2, 0.25) is 0 Å². The molecule has 2 atom stereocenters. The van der Waals surface area contributed by atoms with Crippen molar-refractivity contribution < 1.29 is 4.79 Å². The van der Waals surface area contributed by atoms with Gasteiger partial charge in [-0.25, -0.2) is 0 Å². The summed E-state index contributed by atoms with van der Waals surface area (Å²) in [6.45, 7) is 3.89. The average Bonchev–Trinajstić information content (AvgIpc) is 2.52. The highest BCUT2D eigenvalue weighted by Gasteiger charge is 2.28. The molecule has 0 spiro atoms. The zero-order valence-electron chi connectivity index (χ0n) is 12.6. The zero-order valence-corrected chi connectivity index (χ0v) is 12.6. The summed E-state index contributed by atoms with van der Waals surface area (Å²) in [6.07, 6.45) is 8.73. The number of allylic oxidation sites excluding steroid dienone is 2. The van der Waals surface area contributed by atoms with Gasteiger partial charge in [-0.05, 0) is 37.6 Å². The van der Waals surface area contributed by atoms with E-state index in [-0.39, 0.29) is 0 Å². The van der Waals surface area contributed by atoms with Crippen LogP contribution in [0.25, 0.3) is 5.57 Å². The van der Waals surface area contributed by atoms with Crippen LogP contribution in [0.5, 0.6) is 0 Å². The first-order chi connectivity index (χ1) is 10.5. The van der Waals surface area contributed by atoms with Crippen LogP contribution in [-0.2, 0) is 4.79 Å². The number of hydrogen-bond donors (Lipinski definition) is 2. The highest BCUT2D eigenvalue weighted by atomic mass is 16.1. The molecule has 0 aromatic carbocycles. The first-order valence-electron chi connectivity index (χ1n) is 6.95. The van der Waals surface area contributed by atoms with E-state index in [4.69, 9.17) is 11.5 Å². The summed E-state index contributed by atoms with van der Waals surface area (Å²) in [6, 6.07) is 2.11. The minimum atomic E-state index is -0.794. The SMILES string of the molecule is C/C=C(C)/C=N/C=C/C1=c2ncccc2=NC(C(N)=O)C1N. The van der Waals surface area contributed by atoms with Gasteiger partial charge in [0.1, 0.15) is 6.04 Å². The number of aromatic nitrogens is 1. The molecule has 1 aliphatic heterocycles. The molecule has 1 aliphatic rings. The second kappa shape index (κ2) is 6.91. The predicted octanol–water partition coefficient (Wildman–Crippen LogP) is -0.403. The third kappa shape index (κ3) is 3.35. The van der Waals surface area contributed by atoms with E-state index < -0.39 is 18.0 Å². The summed E-state index contributed by atoms with van der Waals surface area (Å²) < 4.78 is 0. The van der Waals surface area contributed by atoms with Gasteiger partial charge in [0.2, 0.25) is 5.91 Å². The number of nitrogens with two attached hydrogens (primary N) is 2. The fourth-order valence-corrected chi connectivity index (χ4v) is 2.07. The van der Waals surface area contributed by atoms with E-state index in [9.17, 15) is 4.79 Å². The summed E-state index contributed by atoms with van der Waals surface area (Å²) in [5.41, 5.74) is 13.2. The Morgan fingerprint density at radius 2 is 2.23 bits per heavy atom. The predicted molar refractivity (Wildman–Crippen MR) is 86.4 cm³/mol. The number of rotatable bonds is 4. The largest absolute Gasteiger partial charge is 0.368 e. The van der Waals surface area contributed by atoms with Gasteiger partial charge in [-0.3, -0.25) is 19.8 Å². The van der Waals surface area contributed by atoms with Crippen molar-refractivity contribution in [1.82, 2.24) is 4.98 Å². The number of fused-ring (bicyclic) bond motifs is 1. The molecule has 0 fully saturated rings. The molecule has 2 heterocycles. The Labute approximate surface area is 128 Å². The lowest BCUT2D eigenvalue weighted by atomic mass is 9.96. The molecule has 6 heteroatoms. The van der Waals surface area contributed by atoms with E-state index in [2.05, 4.69) is 15.0 Å². The van der Waals surface area contributed by atoms with E-state index >= 15 is 0 Å². The maximum atomic E-state index is 11.5. The van der Waals surface area contributed by atoms with Crippen LogP contribution in [0, 0.1) is 0 Å². The Balaban J connectivity index is 2.47. The quantitative estimate of drug-likeness (QED) is 0.738. The minimum Gasteiger partial charge on any atom is -0.368 e. The molecule has 0 bridgehead atoms. The van der Waals surface area contributed by atoms with Gasteiger partial charge in [-0.15, -0.1) is 0 Å². The molecule has 22 heavy (non-hydrogen) atoms. The number of hydrogen-bond acceptors (Lipinski definition) is 5. The lowest BCUT2D eigenvalue weighted by Crippen LogP contribution is -2.52. The van der Waals surface area contributed by atoms with Crippen LogP contribution < -0.4 is 22.2 Å². The monoisotopic (exact) mass is 297 g/mol. The molecule has 2 rings (SSSR count). The molecule has 2 unspecified atom stereocenters. The fraction of sp³-hybridized carbons (Fsp3) is 0.250. The van der Waals surface area contributed by atoms with E-state index in [1.165, 1.54) is 0 Å². The smallest absolute Gasteiger partial charge is 0.244 e. The van der Waals surface area contributed by atoms with Crippen LogP contribution >= 0.6 is 0 Å². The maximum absolute atomic E-state index is 11.5. The highest BCUT2D eigenvalue weighted by molar-refractivity contribution is 5.85. The molecule has 0 saturated heterocycles. The van der Waals surface area contributed by atoms with Gasteiger partial charge < -0.3 is 11.5 Å². The molecule has 1 aromatic rings. The molecular formula is C16H19N5O. The fourth-order valence-electron chi connectivity index (χ4n) is 2.07. The second-order valence-corrected chi connectivity index (χ2v) is 4.96. The van der Waals surface area contributed by atoms with E-state index in [1.807, 2.05) is 19.9 Å². The normalized spacial score (nSPS) is 22.0. The van der Waals surface area contributed by atoms with Crippen LogP contribution in [0.1, 0.15) is 13.8 Å². The second-order valence-electron chi connectivity index (χ2n) is 4.96. The van der Waals surface area contributed by atoms with Crippen molar-refractivity contribution in [2.24, 2.45) is 21.5 Å². The topological polar surface area (TPSA) is 107 Å². The molecule has 4 N–H and O–H groups in total. The van der Waals surface area contributed by atoms with Gasteiger partial charge in [0.25, 0.3) is 0 Å². The third-order valence-corrected chi connectivity index (χ3v) is 3.40. The summed E-state index contributed by atoms with van der Waals surface area (Å²) in [7, 11) is 0. The van der Waals surface area contributed by atoms with E-state index in [0.29, 0.717) is 16.3 Å². The Morgan fingerprint density at radius 3 is 2.91 bits per heavy atom. The Morgan fingerprint density at radius 1 is 1.45 bits per heavy atom. The van der Waals surface area contributed by atoms with Crippen LogP contribution in [0.4, 0.5) is 0 Å². The highest BCUT2D eigenvalue weighted by Crippen LogP contribution is 2.11. The Hall–Kier alpha value is -2.60. The maximum Gasteiger partial charge on any atom is 0.244 e. The minimum absolute atomic E-state index is 0.554. The number of pyridine rings is 1. The summed E-state index contributed by atoms with van der Waals surface area (Å²) in [5.74, 6) is -0.554. The molecule has 0 radical (unpaired) electrons. The molecule has 0 saturated carbocycles. The lowest BCUT2D eigenvalue weighted by Gasteiger charge is -2.21. The van der Waals surface area contributed by atoms with E-state index in [1.54, 1.807) is 36.8 Å². The Kier molecular flexibility index (Phi) is 4.95. The van der Waals surface area contributed by atoms with Crippen molar-refractivity contribution in [1.29, 1.82) is 0 Å². The molecule has 114 valence electrons. The first-order valence-corrected chi connectivity index (χ1v) is 6.95. The molecule has 0 aliphatic carbocycles. The summed E-state index contributed by atoms with van der Waals surface area (Å²) >= 11 is 0. The lowest BCUT2D eigenvalue weighted by molar-refractivity contribution is -0.119. The van der Waals surface area contributed by atoms with Gasteiger partial charge in [-0.1, -0.05) is 6.08 Å². The van der Waals surface area contributed by atoms with Crippen molar-refractivity contribution in [3.63, 3.8) is 0 Å². The number of carbonyl (C=O) groups is 1. The zero-order chi connectivity index (χ0) is 16.1.